The van der Waals surface area contributed by atoms with Crippen molar-refractivity contribution in [2.24, 2.45) is 5.92 Å². The van der Waals surface area contributed by atoms with Crippen molar-refractivity contribution in [3.8, 4) is 0 Å². The second kappa shape index (κ2) is 6.70. The van der Waals surface area contributed by atoms with Crippen LogP contribution in [0.5, 0.6) is 0 Å². The minimum atomic E-state index is 0.779. The van der Waals surface area contributed by atoms with Crippen LogP contribution in [0.1, 0.15) is 41.9 Å². The summed E-state index contributed by atoms with van der Waals surface area (Å²) in [6.45, 7) is 2.17. The highest BCUT2D eigenvalue weighted by Crippen LogP contribution is 2.39. The first kappa shape index (κ1) is 14.7. The molecule has 1 fully saturated rings. The minimum Gasteiger partial charge on any atom is -0.130 e. The fraction of sp³-hybridized carbons (Fsp3) is 0.400. The highest BCUT2D eigenvalue weighted by Gasteiger charge is 2.25. The van der Waals surface area contributed by atoms with E-state index >= 15 is 0 Å². The van der Waals surface area contributed by atoms with Crippen LogP contribution in [-0.4, -0.2) is 6.26 Å². The molecule has 3 rings (SSSR count). The van der Waals surface area contributed by atoms with Gasteiger partial charge < -0.3 is 0 Å². The predicted molar refractivity (Wildman–Crippen MR) is 93.2 cm³/mol. The van der Waals surface area contributed by atoms with Crippen LogP contribution in [-0.2, 0) is 6.42 Å². The minimum absolute atomic E-state index is 0.779. The van der Waals surface area contributed by atoms with E-state index in [4.69, 9.17) is 0 Å². The molecule has 2 aromatic carbocycles. The largest absolute Gasteiger partial charge is 0.130 e. The zero-order valence-corrected chi connectivity index (χ0v) is 13.8. The lowest BCUT2D eigenvalue weighted by molar-refractivity contribution is 0.536. The van der Waals surface area contributed by atoms with Gasteiger partial charge in [0.25, 0.3) is 0 Å². The lowest BCUT2D eigenvalue weighted by Crippen LogP contribution is -2.00. The summed E-state index contributed by atoms with van der Waals surface area (Å²) in [5.74, 6) is 1.64. The Labute approximate surface area is 133 Å². The van der Waals surface area contributed by atoms with Gasteiger partial charge in [0.2, 0.25) is 0 Å². The van der Waals surface area contributed by atoms with Gasteiger partial charge >= 0.3 is 0 Å². The van der Waals surface area contributed by atoms with Gasteiger partial charge in [-0.1, -0.05) is 42.0 Å². The van der Waals surface area contributed by atoms with Gasteiger partial charge in [0.05, 0.1) is 0 Å². The Morgan fingerprint density at radius 2 is 1.67 bits per heavy atom. The molecule has 2 atom stereocenters. The van der Waals surface area contributed by atoms with Crippen molar-refractivity contribution in [1.29, 1.82) is 0 Å². The number of hydrogen-bond donors (Lipinski definition) is 0. The highest BCUT2D eigenvalue weighted by atomic mass is 32.2. The van der Waals surface area contributed by atoms with Crippen molar-refractivity contribution in [2.75, 3.05) is 6.26 Å². The van der Waals surface area contributed by atoms with E-state index in [0.29, 0.717) is 0 Å². The van der Waals surface area contributed by atoms with E-state index in [1.165, 1.54) is 41.7 Å². The van der Waals surface area contributed by atoms with Crippen molar-refractivity contribution in [2.45, 2.75) is 43.4 Å². The molecule has 110 valence electrons. The number of hydrogen-bond acceptors (Lipinski definition) is 1. The fourth-order valence-electron chi connectivity index (χ4n) is 3.50. The summed E-state index contributed by atoms with van der Waals surface area (Å²) in [5, 5.41) is 0. The molecule has 0 nitrogen and oxygen atoms in total. The molecule has 0 N–H and O–H groups in total. The molecule has 0 bridgehead atoms. The van der Waals surface area contributed by atoms with Crippen LogP contribution in [0.25, 0.3) is 0 Å². The zero-order valence-electron chi connectivity index (χ0n) is 13.0. The Morgan fingerprint density at radius 1 is 0.952 bits per heavy atom. The Bertz CT molecular complexity index is 568. The molecule has 1 aliphatic carbocycles. The van der Waals surface area contributed by atoms with E-state index in [1.807, 2.05) is 11.8 Å². The molecule has 1 aliphatic rings. The summed E-state index contributed by atoms with van der Waals surface area (Å²) in [7, 11) is 0. The smallest absolute Gasteiger partial charge is 0.00693 e. The molecule has 2 aromatic rings. The Kier molecular flexibility index (Phi) is 4.70. The van der Waals surface area contributed by atoms with Gasteiger partial charge in [-0.3, -0.25) is 0 Å². The third kappa shape index (κ3) is 3.71. The number of rotatable bonds is 4. The number of thioether (sulfide) groups is 1. The summed E-state index contributed by atoms with van der Waals surface area (Å²) in [6.07, 6.45) is 7.47. The maximum absolute atomic E-state index is 2.33. The maximum atomic E-state index is 2.33. The first-order chi connectivity index (χ1) is 10.2. The Hall–Kier alpha value is -1.21. The molecule has 21 heavy (non-hydrogen) atoms. The molecule has 0 spiro atoms. The van der Waals surface area contributed by atoms with Gasteiger partial charge in [-0.2, -0.15) is 0 Å². The summed E-state index contributed by atoms with van der Waals surface area (Å²) in [4.78, 5) is 1.36. The second-order valence-corrected chi connectivity index (χ2v) is 7.22. The molecular formula is C20H24S. The Balaban J connectivity index is 1.60. The molecule has 0 amide bonds. The standard InChI is InChI=1S/C20H24S/c1-15-3-8-18(9-4-15)19-10-5-17(14-19)13-16-6-11-20(21-2)12-7-16/h3-4,6-9,11-12,17,19H,5,10,13-14H2,1-2H3. The fourth-order valence-corrected chi connectivity index (χ4v) is 3.90. The van der Waals surface area contributed by atoms with Crippen LogP contribution < -0.4 is 0 Å². The van der Waals surface area contributed by atoms with E-state index in [1.54, 1.807) is 5.56 Å². The van der Waals surface area contributed by atoms with E-state index in [2.05, 4.69) is 61.7 Å². The third-order valence-corrected chi connectivity index (χ3v) is 5.52. The molecule has 0 aliphatic heterocycles. The average Bonchev–Trinajstić information content (AvgIpc) is 2.97. The molecule has 1 saturated carbocycles. The summed E-state index contributed by atoms with van der Waals surface area (Å²) in [5.41, 5.74) is 4.41. The van der Waals surface area contributed by atoms with E-state index < -0.39 is 0 Å². The van der Waals surface area contributed by atoms with Crippen molar-refractivity contribution in [3.05, 3.63) is 65.2 Å². The van der Waals surface area contributed by atoms with Crippen LogP contribution >= 0.6 is 11.8 Å². The molecular weight excluding hydrogens is 272 g/mol. The monoisotopic (exact) mass is 296 g/mol. The van der Waals surface area contributed by atoms with Gasteiger partial charge in [0.1, 0.15) is 0 Å². The van der Waals surface area contributed by atoms with Gasteiger partial charge in [-0.05, 0) is 74.0 Å². The van der Waals surface area contributed by atoms with Crippen LogP contribution in [0.2, 0.25) is 0 Å². The van der Waals surface area contributed by atoms with Gasteiger partial charge in [-0.15, -0.1) is 11.8 Å². The lowest BCUT2D eigenvalue weighted by Gasteiger charge is -2.12. The van der Waals surface area contributed by atoms with E-state index in [9.17, 15) is 0 Å². The van der Waals surface area contributed by atoms with Crippen molar-refractivity contribution >= 4 is 11.8 Å². The Morgan fingerprint density at radius 3 is 2.33 bits per heavy atom. The van der Waals surface area contributed by atoms with Crippen LogP contribution in [0, 0.1) is 12.8 Å². The maximum Gasteiger partial charge on any atom is 0.00693 e. The second-order valence-electron chi connectivity index (χ2n) is 6.34. The SMILES string of the molecule is CSc1ccc(CC2CCC(c3ccc(C)cc3)C2)cc1. The summed E-state index contributed by atoms with van der Waals surface area (Å²) < 4.78 is 0. The third-order valence-electron chi connectivity index (χ3n) is 4.77. The number of aryl methyl sites for hydroxylation is 1. The molecule has 0 aromatic heterocycles. The molecule has 1 heteroatoms. The van der Waals surface area contributed by atoms with E-state index in [0.717, 1.165) is 11.8 Å². The van der Waals surface area contributed by atoms with Gasteiger partial charge in [0, 0.05) is 4.90 Å². The first-order valence-electron chi connectivity index (χ1n) is 7.94. The average molecular weight is 296 g/mol. The molecule has 0 saturated heterocycles. The predicted octanol–water partition coefficient (Wildman–Crippen LogP) is 5.84. The van der Waals surface area contributed by atoms with Gasteiger partial charge in [0.15, 0.2) is 0 Å². The zero-order chi connectivity index (χ0) is 14.7. The normalized spacial score (nSPS) is 21.6. The lowest BCUT2D eigenvalue weighted by atomic mass is 9.93. The van der Waals surface area contributed by atoms with Crippen molar-refractivity contribution < 1.29 is 0 Å². The quantitative estimate of drug-likeness (QED) is 0.638. The molecule has 0 radical (unpaired) electrons. The van der Waals surface area contributed by atoms with E-state index in [-0.39, 0.29) is 0 Å². The molecule has 2 unspecified atom stereocenters. The molecule has 0 heterocycles. The van der Waals surface area contributed by atoms with Gasteiger partial charge in [-0.25, -0.2) is 0 Å². The van der Waals surface area contributed by atoms with Crippen LogP contribution in [0.3, 0.4) is 0 Å². The topological polar surface area (TPSA) is 0 Å². The summed E-state index contributed by atoms with van der Waals surface area (Å²) in [6, 6.07) is 18.3. The van der Waals surface area contributed by atoms with Crippen LogP contribution in [0.4, 0.5) is 0 Å². The summed E-state index contributed by atoms with van der Waals surface area (Å²) >= 11 is 1.82. The first-order valence-corrected chi connectivity index (χ1v) is 9.16. The number of benzene rings is 2. The van der Waals surface area contributed by atoms with Crippen molar-refractivity contribution in [3.63, 3.8) is 0 Å². The van der Waals surface area contributed by atoms with Crippen LogP contribution in [0.15, 0.2) is 53.4 Å². The van der Waals surface area contributed by atoms with Crippen molar-refractivity contribution in [1.82, 2.24) is 0 Å². The highest BCUT2D eigenvalue weighted by molar-refractivity contribution is 7.98.